The molecule has 20 heteroatoms. The molecule has 0 spiro atoms. The van der Waals surface area contributed by atoms with Crippen LogP contribution in [0.2, 0.25) is 0 Å². The van der Waals surface area contributed by atoms with Crippen LogP contribution in [-0.4, -0.2) is 89.7 Å². The molecule has 0 aromatic carbocycles. The first-order valence-corrected chi connectivity index (χ1v) is 9.69. The summed E-state index contributed by atoms with van der Waals surface area (Å²) in [5, 5.41) is 7.48. The number of amides is 3. The van der Waals surface area contributed by atoms with Gasteiger partial charge in [-0.3, -0.25) is 4.79 Å². The summed E-state index contributed by atoms with van der Waals surface area (Å²) in [6, 6.07) is 0.179. The smallest absolute Gasteiger partial charge is 0.345 e. The van der Waals surface area contributed by atoms with E-state index in [9.17, 15) is 31.5 Å². The number of nitrogens with one attached hydrogen (secondary N) is 2. The predicted octanol–water partition coefficient (Wildman–Crippen LogP) is -0.797. The van der Waals surface area contributed by atoms with Crippen LogP contribution in [-0.2, 0) is 19.3 Å². The summed E-state index contributed by atoms with van der Waals surface area (Å²) in [5.74, 6) is -5.38. The molecule has 0 aliphatic carbocycles. The van der Waals surface area contributed by atoms with Crippen molar-refractivity contribution in [1.82, 2.24) is 40.4 Å². The van der Waals surface area contributed by atoms with Crippen molar-refractivity contribution in [2.75, 3.05) is 0 Å². The van der Waals surface area contributed by atoms with Gasteiger partial charge in [-0.1, -0.05) is 0 Å². The first-order chi connectivity index (χ1) is 16.5. The number of aromatic nitrogens is 5. The highest BCUT2D eigenvalue weighted by Gasteiger charge is 2.62. The fourth-order valence-electron chi connectivity index (χ4n) is 3.29. The van der Waals surface area contributed by atoms with Gasteiger partial charge < -0.3 is 15.5 Å². The molecule has 36 heavy (non-hydrogen) atoms. The lowest BCUT2D eigenvalue weighted by atomic mass is 9.43. The maximum Gasteiger partial charge on any atom is 0.439 e. The highest BCUT2D eigenvalue weighted by Crippen LogP contribution is 2.40. The van der Waals surface area contributed by atoms with Gasteiger partial charge in [-0.25, -0.2) is 27.7 Å². The molecule has 2 N–H and O–H groups in total. The van der Waals surface area contributed by atoms with E-state index in [1.807, 2.05) is 0 Å². The Hall–Kier alpha value is -3.59. The minimum Gasteiger partial charge on any atom is -0.345 e. The SMILES string of the molecule is [B]C1([B])NC(=O)N(Cc2cnn3cc(CNC(=O)c4nonc4C(F)(F)F)nc3c2)C([B])([B])C1(F)F. The van der Waals surface area contributed by atoms with E-state index >= 15 is 0 Å². The number of rotatable bonds is 5. The highest BCUT2D eigenvalue weighted by molar-refractivity contribution is 6.48. The zero-order chi connectivity index (χ0) is 26.7. The molecule has 3 aromatic rings. The van der Waals surface area contributed by atoms with Crippen LogP contribution >= 0.6 is 0 Å². The minimum absolute atomic E-state index is 0.131. The van der Waals surface area contributed by atoms with Crippen molar-refractivity contribution in [2.45, 2.75) is 35.9 Å². The van der Waals surface area contributed by atoms with Gasteiger partial charge in [0.05, 0.1) is 56.0 Å². The molecule has 1 aliphatic rings. The Morgan fingerprint density at radius 3 is 2.56 bits per heavy atom. The van der Waals surface area contributed by atoms with E-state index in [0.717, 1.165) is 0 Å². The van der Waals surface area contributed by atoms with E-state index in [-0.39, 0.29) is 23.4 Å². The predicted molar refractivity (Wildman–Crippen MR) is 111 cm³/mol. The molecule has 0 unspecified atom stereocenters. The maximum atomic E-state index is 14.6. The van der Waals surface area contributed by atoms with Crippen LogP contribution < -0.4 is 10.6 Å². The second-order valence-electron chi connectivity index (χ2n) is 7.83. The van der Waals surface area contributed by atoms with Gasteiger partial charge in [-0.15, -0.1) is 0 Å². The molecule has 1 aliphatic heterocycles. The second-order valence-corrected chi connectivity index (χ2v) is 7.83. The first kappa shape index (κ1) is 25.5. The van der Waals surface area contributed by atoms with E-state index < -0.39 is 52.6 Å². The van der Waals surface area contributed by atoms with Gasteiger partial charge in [0.25, 0.3) is 11.8 Å². The normalized spacial score (nSPS) is 18.7. The van der Waals surface area contributed by atoms with E-state index in [0.29, 0.717) is 4.90 Å². The number of alkyl halides is 5. The van der Waals surface area contributed by atoms with Crippen LogP contribution in [0.1, 0.15) is 27.4 Å². The summed E-state index contributed by atoms with van der Waals surface area (Å²) < 4.78 is 72.9. The number of fused-ring (bicyclic) bond motifs is 1. The topological polar surface area (TPSA) is 131 Å². The van der Waals surface area contributed by atoms with Crippen molar-refractivity contribution < 1.29 is 36.2 Å². The van der Waals surface area contributed by atoms with Gasteiger partial charge in [-0.05, 0) is 21.9 Å². The summed E-state index contributed by atoms with van der Waals surface area (Å²) in [7, 11) is 21.6. The average Bonchev–Trinajstić information content (AvgIpc) is 3.40. The molecule has 4 rings (SSSR count). The fraction of sp³-hybridized carbons (Fsp3) is 0.375. The molecule has 178 valence electrons. The Bertz CT molecular complexity index is 1340. The number of carbonyl (C=O) groups is 2. The number of nitrogens with zero attached hydrogens (tertiary/aromatic N) is 6. The molecule has 8 radical (unpaired) electrons. The van der Waals surface area contributed by atoms with Gasteiger partial charge in [0.15, 0.2) is 5.65 Å². The lowest BCUT2D eigenvalue weighted by Gasteiger charge is -2.56. The molecule has 0 saturated carbocycles. The highest BCUT2D eigenvalue weighted by atomic mass is 19.4. The minimum atomic E-state index is -4.95. The summed E-state index contributed by atoms with van der Waals surface area (Å²) >= 11 is 0. The molecular formula is C16H9B4F5N8O3. The number of hydrogen-bond donors (Lipinski definition) is 2. The van der Waals surface area contributed by atoms with Gasteiger partial charge in [0, 0.05) is 17.2 Å². The third-order valence-corrected chi connectivity index (χ3v) is 5.20. The van der Waals surface area contributed by atoms with Gasteiger partial charge in [0.2, 0.25) is 11.4 Å². The Kier molecular flexibility index (Phi) is 5.83. The number of carbonyl (C=O) groups excluding carboxylic acids is 2. The van der Waals surface area contributed by atoms with Crippen LogP contribution in [0, 0.1) is 0 Å². The Morgan fingerprint density at radius 2 is 1.89 bits per heavy atom. The third kappa shape index (κ3) is 4.17. The summed E-state index contributed by atoms with van der Waals surface area (Å²) in [4.78, 5) is 28.9. The molecule has 11 nitrogen and oxygen atoms in total. The Labute approximate surface area is 203 Å². The quantitative estimate of drug-likeness (QED) is 0.347. The number of hydrogen-bond acceptors (Lipinski definition) is 7. The van der Waals surface area contributed by atoms with Gasteiger partial charge in [-0.2, -0.15) is 18.3 Å². The van der Waals surface area contributed by atoms with E-state index in [4.69, 9.17) is 31.4 Å². The molecule has 0 atom stereocenters. The number of imidazole rings is 1. The Morgan fingerprint density at radius 1 is 1.19 bits per heavy atom. The number of urea groups is 1. The molecule has 3 amide bonds. The first-order valence-electron chi connectivity index (χ1n) is 9.69. The lowest BCUT2D eigenvalue weighted by Crippen LogP contribution is -2.82. The van der Waals surface area contributed by atoms with Crippen LogP contribution in [0.3, 0.4) is 0 Å². The van der Waals surface area contributed by atoms with Crippen molar-refractivity contribution in [1.29, 1.82) is 0 Å². The summed E-state index contributed by atoms with van der Waals surface area (Å²) in [5.41, 5.74) is -2.20. The van der Waals surface area contributed by atoms with Crippen molar-refractivity contribution in [2.24, 2.45) is 0 Å². The third-order valence-electron chi connectivity index (χ3n) is 5.20. The van der Waals surface area contributed by atoms with E-state index in [1.54, 1.807) is 5.32 Å². The van der Waals surface area contributed by atoms with Crippen LogP contribution in [0.5, 0.6) is 0 Å². The van der Waals surface area contributed by atoms with Gasteiger partial charge in [0.1, 0.15) is 0 Å². The summed E-state index contributed by atoms with van der Waals surface area (Å²) in [6.07, 6.45) is -2.42. The van der Waals surface area contributed by atoms with E-state index in [1.165, 1.54) is 23.0 Å². The maximum absolute atomic E-state index is 14.6. The molecule has 0 bridgehead atoms. The van der Waals surface area contributed by atoms with Crippen LogP contribution in [0.15, 0.2) is 23.1 Å². The zero-order valence-corrected chi connectivity index (χ0v) is 17.8. The van der Waals surface area contributed by atoms with Crippen molar-refractivity contribution >= 4 is 49.0 Å². The summed E-state index contributed by atoms with van der Waals surface area (Å²) in [6.45, 7) is -0.890. The Balaban J connectivity index is 1.50. The zero-order valence-electron chi connectivity index (χ0n) is 17.8. The molecule has 3 aromatic heterocycles. The van der Waals surface area contributed by atoms with E-state index in [2.05, 4.69) is 30.3 Å². The molecular weight excluding hydrogens is 490 g/mol. The average molecular weight is 500 g/mol. The monoisotopic (exact) mass is 500 g/mol. The largest absolute Gasteiger partial charge is 0.439 e. The van der Waals surface area contributed by atoms with Crippen LogP contribution in [0.25, 0.3) is 5.65 Å². The molecule has 1 saturated heterocycles. The fourth-order valence-corrected chi connectivity index (χ4v) is 3.29. The number of halogens is 5. The second kappa shape index (κ2) is 8.23. The van der Waals surface area contributed by atoms with Gasteiger partial charge >= 0.3 is 12.2 Å². The molecule has 1 fully saturated rings. The van der Waals surface area contributed by atoms with Crippen molar-refractivity contribution in [3.8, 4) is 0 Å². The lowest BCUT2D eigenvalue weighted by molar-refractivity contribution is -0.143. The van der Waals surface area contributed by atoms with Crippen molar-refractivity contribution in [3.63, 3.8) is 0 Å². The molecule has 4 heterocycles. The van der Waals surface area contributed by atoms with Crippen molar-refractivity contribution in [3.05, 3.63) is 41.1 Å². The van der Waals surface area contributed by atoms with Crippen LogP contribution in [0.4, 0.5) is 26.7 Å². The standard InChI is InChI=1S/C16H9B4F5N8O3/c17-15(18)14(24,25)16(19,20)32(12(35)29-15)4-6-1-8-28-7(5-33(8)27-2-6)3-26-11(34)9-10(13(21,22)23)31-36-30-9/h1-2,5H,3-4H2,(H,26,34)(H,29,35).